The van der Waals surface area contributed by atoms with Crippen LogP contribution in [-0.4, -0.2) is 37.0 Å². The molecule has 134 valence electrons. The van der Waals surface area contributed by atoms with Gasteiger partial charge in [0, 0.05) is 17.5 Å². The molecule has 0 radical (unpaired) electrons. The Kier molecular flexibility index (Phi) is 5.74. The zero-order valence-electron chi connectivity index (χ0n) is 14.1. The molecule has 1 aromatic heterocycles. The van der Waals surface area contributed by atoms with Gasteiger partial charge in [-0.3, -0.25) is 9.59 Å². The van der Waals surface area contributed by atoms with Crippen LogP contribution in [0.3, 0.4) is 0 Å². The van der Waals surface area contributed by atoms with Crippen molar-refractivity contribution >= 4 is 28.8 Å². The van der Waals surface area contributed by atoms with E-state index in [1.807, 2.05) is 0 Å². The lowest BCUT2D eigenvalue weighted by Gasteiger charge is -2.13. The molecule has 1 heterocycles. The molecule has 0 saturated carbocycles. The summed E-state index contributed by atoms with van der Waals surface area (Å²) in [6.45, 7) is 4.75. The number of benzene rings is 1. The van der Waals surface area contributed by atoms with Gasteiger partial charge in [-0.2, -0.15) is 0 Å². The molecule has 0 bridgehead atoms. The molecule has 0 fully saturated rings. The number of furan rings is 1. The van der Waals surface area contributed by atoms with E-state index in [0.29, 0.717) is 23.1 Å². The molecule has 1 atom stereocenters. The van der Waals surface area contributed by atoms with Crippen molar-refractivity contribution in [2.24, 2.45) is 0 Å². The van der Waals surface area contributed by atoms with Crippen molar-refractivity contribution in [3.8, 4) is 0 Å². The zero-order chi connectivity index (χ0) is 18.6. The molecule has 0 aliphatic carbocycles. The third-order valence-electron chi connectivity index (χ3n) is 3.54. The molecule has 2 N–H and O–H groups in total. The summed E-state index contributed by atoms with van der Waals surface area (Å²) in [6, 6.07) is 3.14. The Morgan fingerprint density at radius 3 is 2.72 bits per heavy atom. The maximum atomic E-state index is 13.3. The summed E-state index contributed by atoms with van der Waals surface area (Å²) in [5.41, 5.74) is 0.774. The summed E-state index contributed by atoms with van der Waals surface area (Å²) in [5, 5.41) is 5.43. The van der Waals surface area contributed by atoms with E-state index in [1.165, 1.54) is 25.1 Å². The van der Waals surface area contributed by atoms with Crippen molar-refractivity contribution in [2.75, 3.05) is 13.2 Å². The largest absolute Gasteiger partial charge is 0.450 e. The smallest absolute Gasteiger partial charge is 0.375 e. The molecule has 8 heteroatoms. The van der Waals surface area contributed by atoms with Gasteiger partial charge in [0.15, 0.2) is 6.61 Å². The van der Waals surface area contributed by atoms with E-state index < -0.39 is 30.3 Å². The Bertz CT molecular complexity index is 815. The highest BCUT2D eigenvalue weighted by Crippen LogP contribution is 2.26. The molecule has 0 unspecified atom stereocenters. The molecule has 0 saturated heterocycles. The fourth-order valence-corrected chi connectivity index (χ4v) is 2.26. The summed E-state index contributed by atoms with van der Waals surface area (Å²) in [4.78, 5) is 35.4. The van der Waals surface area contributed by atoms with Gasteiger partial charge in [0.2, 0.25) is 11.7 Å². The second-order valence-corrected chi connectivity index (χ2v) is 5.46. The molecule has 7 nitrogen and oxygen atoms in total. The first-order valence-electron chi connectivity index (χ1n) is 7.76. The average molecular weight is 350 g/mol. The first kappa shape index (κ1) is 18.4. The van der Waals surface area contributed by atoms with Gasteiger partial charge in [0.1, 0.15) is 17.4 Å². The van der Waals surface area contributed by atoms with E-state index in [1.54, 1.807) is 13.8 Å². The number of likely N-dealkylation sites (N-methyl/N-ethyl adjacent to an activating group) is 1. The van der Waals surface area contributed by atoms with Crippen LogP contribution in [-0.2, 0) is 14.3 Å². The maximum absolute atomic E-state index is 13.3. The van der Waals surface area contributed by atoms with Crippen LogP contribution in [0, 0.1) is 12.7 Å². The molecular formula is C17H19FN2O5. The van der Waals surface area contributed by atoms with E-state index in [2.05, 4.69) is 10.6 Å². The third kappa shape index (κ3) is 4.34. The van der Waals surface area contributed by atoms with Crippen LogP contribution in [0.15, 0.2) is 22.6 Å². The second kappa shape index (κ2) is 7.78. The van der Waals surface area contributed by atoms with Gasteiger partial charge in [0.05, 0.1) is 0 Å². The minimum Gasteiger partial charge on any atom is -0.450 e. The van der Waals surface area contributed by atoms with Gasteiger partial charge in [-0.05, 0) is 39.0 Å². The Morgan fingerprint density at radius 1 is 1.32 bits per heavy atom. The highest BCUT2D eigenvalue weighted by molar-refractivity contribution is 5.97. The van der Waals surface area contributed by atoms with Crippen molar-refractivity contribution in [2.45, 2.75) is 26.8 Å². The molecule has 25 heavy (non-hydrogen) atoms. The van der Waals surface area contributed by atoms with Gasteiger partial charge in [-0.15, -0.1) is 0 Å². The van der Waals surface area contributed by atoms with Crippen molar-refractivity contribution in [3.05, 3.63) is 35.3 Å². The van der Waals surface area contributed by atoms with Crippen LogP contribution in [0.5, 0.6) is 0 Å². The summed E-state index contributed by atoms with van der Waals surface area (Å²) in [6.07, 6.45) is 0. The van der Waals surface area contributed by atoms with Crippen LogP contribution in [0.4, 0.5) is 4.39 Å². The van der Waals surface area contributed by atoms with Gasteiger partial charge < -0.3 is 19.8 Å². The SMILES string of the molecule is CCNC(=O)[C@H](C)NC(=O)COC(=O)c1oc2ccc(F)cc2c1C. The summed E-state index contributed by atoms with van der Waals surface area (Å²) in [5.74, 6) is -2.33. The number of halogens is 1. The Hall–Kier alpha value is -2.90. The minimum atomic E-state index is -0.838. The van der Waals surface area contributed by atoms with Crippen LogP contribution < -0.4 is 10.6 Å². The number of nitrogens with one attached hydrogen (secondary N) is 2. The number of carbonyl (C=O) groups excluding carboxylic acids is 3. The quantitative estimate of drug-likeness (QED) is 0.773. The lowest BCUT2D eigenvalue weighted by molar-refractivity contribution is -0.130. The van der Waals surface area contributed by atoms with Crippen LogP contribution in [0.25, 0.3) is 11.0 Å². The predicted molar refractivity (Wildman–Crippen MR) is 87.5 cm³/mol. The van der Waals surface area contributed by atoms with E-state index >= 15 is 0 Å². The summed E-state index contributed by atoms with van der Waals surface area (Å²) >= 11 is 0. The molecule has 1 aromatic carbocycles. The molecule has 2 rings (SSSR count). The highest BCUT2D eigenvalue weighted by atomic mass is 19.1. The van der Waals surface area contributed by atoms with E-state index in [4.69, 9.17) is 9.15 Å². The molecule has 2 amide bonds. The van der Waals surface area contributed by atoms with E-state index in [-0.39, 0.29) is 11.7 Å². The Morgan fingerprint density at radius 2 is 2.04 bits per heavy atom. The molecule has 0 aliphatic heterocycles. The standard InChI is InChI=1S/C17H19FN2O5/c1-4-19-16(22)10(3)20-14(21)8-24-17(23)15-9(2)12-7-11(18)5-6-13(12)25-15/h5-7,10H,4,8H2,1-3H3,(H,19,22)(H,20,21)/t10-/m0/s1. The first-order valence-corrected chi connectivity index (χ1v) is 7.76. The number of aryl methyl sites for hydroxylation is 1. The lowest BCUT2D eigenvalue weighted by atomic mass is 10.1. The second-order valence-electron chi connectivity index (χ2n) is 5.46. The third-order valence-corrected chi connectivity index (χ3v) is 3.54. The predicted octanol–water partition coefficient (Wildman–Crippen LogP) is 1.68. The van der Waals surface area contributed by atoms with Crippen LogP contribution in [0.2, 0.25) is 0 Å². The van der Waals surface area contributed by atoms with E-state index in [9.17, 15) is 18.8 Å². The number of carbonyl (C=O) groups is 3. The zero-order valence-corrected chi connectivity index (χ0v) is 14.1. The minimum absolute atomic E-state index is 0.0924. The monoisotopic (exact) mass is 350 g/mol. The van der Waals surface area contributed by atoms with Gasteiger partial charge >= 0.3 is 5.97 Å². The average Bonchev–Trinajstić information content (AvgIpc) is 2.89. The van der Waals surface area contributed by atoms with Crippen molar-refractivity contribution in [3.63, 3.8) is 0 Å². The first-order chi connectivity index (χ1) is 11.8. The van der Waals surface area contributed by atoms with Gasteiger partial charge in [-0.1, -0.05) is 0 Å². The number of rotatable bonds is 6. The number of amides is 2. The molecule has 2 aromatic rings. The number of hydrogen-bond acceptors (Lipinski definition) is 5. The van der Waals surface area contributed by atoms with Crippen molar-refractivity contribution in [1.82, 2.24) is 10.6 Å². The number of esters is 1. The summed E-state index contributed by atoms with van der Waals surface area (Å²) < 4.78 is 23.5. The fraction of sp³-hybridized carbons (Fsp3) is 0.353. The van der Waals surface area contributed by atoms with Crippen LogP contribution in [0.1, 0.15) is 30.0 Å². The normalized spacial score (nSPS) is 11.8. The van der Waals surface area contributed by atoms with E-state index in [0.717, 1.165) is 0 Å². The number of fused-ring (bicyclic) bond motifs is 1. The molecule has 0 spiro atoms. The maximum Gasteiger partial charge on any atom is 0.375 e. The highest BCUT2D eigenvalue weighted by Gasteiger charge is 2.21. The fourth-order valence-electron chi connectivity index (χ4n) is 2.26. The van der Waals surface area contributed by atoms with Crippen LogP contribution >= 0.6 is 0 Å². The Balaban J connectivity index is 1.97. The topological polar surface area (TPSA) is 97.6 Å². The lowest BCUT2D eigenvalue weighted by Crippen LogP contribution is -2.46. The van der Waals surface area contributed by atoms with Crippen molar-refractivity contribution in [1.29, 1.82) is 0 Å². The number of hydrogen-bond donors (Lipinski definition) is 2. The van der Waals surface area contributed by atoms with Gasteiger partial charge in [-0.25, -0.2) is 9.18 Å². The molecular weight excluding hydrogens is 331 g/mol. The van der Waals surface area contributed by atoms with Crippen molar-refractivity contribution < 1.29 is 27.9 Å². The summed E-state index contributed by atoms with van der Waals surface area (Å²) in [7, 11) is 0. The number of ether oxygens (including phenoxy) is 1. The Labute approximate surface area is 143 Å². The molecule has 0 aliphatic rings. The van der Waals surface area contributed by atoms with Gasteiger partial charge in [0.25, 0.3) is 5.91 Å².